The fraction of sp³-hybridized carbons (Fsp3) is 0.812. The highest BCUT2D eigenvalue weighted by Crippen LogP contribution is 2.09. The summed E-state index contributed by atoms with van der Waals surface area (Å²) in [6, 6.07) is 0. The van der Waals surface area contributed by atoms with Crippen molar-refractivity contribution in [3.8, 4) is 0 Å². The second kappa shape index (κ2) is 11.4. The summed E-state index contributed by atoms with van der Waals surface area (Å²) in [5, 5.41) is 6.46. The maximum absolute atomic E-state index is 5.83. The van der Waals surface area contributed by atoms with Crippen LogP contribution in [0.3, 0.4) is 0 Å². The summed E-state index contributed by atoms with van der Waals surface area (Å²) in [5.41, 5.74) is 5.78. The molecule has 122 valence electrons. The summed E-state index contributed by atoms with van der Waals surface area (Å²) < 4.78 is 5.83. The summed E-state index contributed by atoms with van der Waals surface area (Å²) in [7, 11) is 0. The van der Waals surface area contributed by atoms with Gasteiger partial charge in [-0.25, -0.2) is 4.99 Å². The average Bonchev–Trinajstić information content (AvgIpc) is 2.48. The fourth-order valence-corrected chi connectivity index (χ4v) is 2.17. The Kier molecular flexibility index (Phi) is 9.70. The Labute approximate surface area is 129 Å². The third-order valence-corrected chi connectivity index (χ3v) is 3.48. The first kappa shape index (κ1) is 17.8. The van der Waals surface area contributed by atoms with E-state index in [9.17, 15) is 0 Å². The van der Waals surface area contributed by atoms with E-state index >= 15 is 0 Å². The van der Waals surface area contributed by atoms with Crippen LogP contribution in [0.4, 0.5) is 0 Å². The minimum atomic E-state index is -0.379. The zero-order valence-electron chi connectivity index (χ0n) is 13.7. The van der Waals surface area contributed by atoms with Gasteiger partial charge < -0.3 is 15.4 Å². The molecule has 0 saturated heterocycles. The number of hydrogen-bond acceptors (Lipinski definition) is 5. The SMILES string of the molecule is CCCCCCCCOC1=C(NCCCC)NC(N)N=C1. The lowest BCUT2D eigenvalue weighted by atomic mass is 10.1. The van der Waals surface area contributed by atoms with Gasteiger partial charge in [-0.3, -0.25) is 5.73 Å². The lowest BCUT2D eigenvalue weighted by Crippen LogP contribution is -2.43. The van der Waals surface area contributed by atoms with Crippen LogP contribution in [0.25, 0.3) is 0 Å². The van der Waals surface area contributed by atoms with E-state index in [1.165, 1.54) is 32.1 Å². The molecule has 5 nitrogen and oxygen atoms in total. The Morgan fingerprint density at radius 1 is 1.14 bits per heavy atom. The molecule has 0 aromatic heterocycles. The standard InChI is InChI=1S/C16H32N4O/c1-3-5-7-8-9-10-12-21-14-13-19-16(17)20-15(14)18-11-6-4-2/h13,16,18,20H,3-12,17H2,1-2H3. The summed E-state index contributed by atoms with van der Waals surface area (Å²) in [6.45, 7) is 6.07. The van der Waals surface area contributed by atoms with Crippen molar-refractivity contribution in [2.24, 2.45) is 10.7 Å². The summed E-state index contributed by atoms with van der Waals surface area (Å²) in [4.78, 5) is 4.15. The van der Waals surface area contributed by atoms with Gasteiger partial charge in [-0.05, 0) is 12.8 Å². The highest BCUT2D eigenvalue weighted by atomic mass is 16.5. The maximum atomic E-state index is 5.83. The first-order valence-electron chi connectivity index (χ1n) is 8.44. The molecule has 1 heterocycles. The molecular formula is C16H32N4O. The zero-order valence-corrected chi connectivity index (χ0v) is 13.7. The first-order valence-corrected chi connectivity index (χ1v) is 8.44. The molecule has 0 aromatic carbocycles. The molecule has 1 aliphatic rings. The third-order valence-electron chi connectivity index (χ3n) is 3.48. The van der Waals surface area contributed by atoms with Crippen molar-refractivity contribution in [2.45, 2.75) is 71.5 Å². The number of hydrogen-bond donors (Lipinski definition) is 3. The molecule has 0 radical (unpaired) electrons. The van der Waals surface area contributed by atoms with Crippen LogP contribution in [0, 0.1) is 0 Å². The van der Waals surface area contributed by atoms with Crippen LogP contribution in [0.1, 0.15) is 65.2 Å². The van der Waals surface area contributed by atoms with Crippen molar-refractivity contribution in [1.82, 2.24) is 10.6 Å². The smallest absolute Gasteiger partial charge is 0.177 e. The second-order valence-corrected chi connectivity index (χ2v) is 5.50. The van der Waals surface area contributed by atoms with Crippen LogP contribution in [0.5, 0.6) is 0 Å². The molecule has 0 fully saturated rings. The van der Waals surface area contributed by atoms with Gasteiger partial charge in [0, 0.05) is 6.54 Å². The van der Waals surface area contributed by atoms with Crippen LogP contribution in [0.2, 0.25) is 0 Å². The molecular weight excluding hydrogens is 264 g/mol. The van der Waals surface area contributed by atoms with E-state index in [-0.39, 0.29) is 6.29 Å². The van der Waals surface area contributed by atoms with Crippen molar-refractivity contribution in [2.75, 3.05) is 13.2 Å². The number of allylic oxidation sites excluding steroid dienone is 1. The lowest BCUT2D eigenvalue weighted by Gasteiger charge is -2.23. The molecule has 1 atom stereocenters. The second-order valence-electron chi connectivity index (χ2n) is 5.50. The monoisotopic (exact) mass is 296 g/mol. The van der Waals surface area contributed by atoms with Crippen molar-refractivity contribution in [3.05, 3.63) is 11.6 Å². The van der Waals surface area contributed by atoms with Crippen molar-refractivity contribution < 1.29 is 4.74 Å². The topological polar surface area (TPSA) is 71.7 Å². The number of rotatable bonds is 12. The number of aliphatic imine (C=N–C) groups is 1. The van der Waals surface area contributed by atoms with Gasteiger partial charge in [-0.2, -0.15) is 0 Å². The van der Waals surface area contributed by atoms with Gasteiger partial charge in [0.05, 0.1) is 12.8 Å². The van der Waals surface area contributed by atoms with Crippen molar-refractivity contribution in [1.29, 1.82) is 0 Å². The van der Waals surface area contributed by atoms with E-state index in [2.05, 4.69) is 29.5 Å². The van der Waals surface area contributed by atoms with E-state index in [0.717, 1.165) is 44.0 Å². The third kappa shape index (κ3) is 7.95. The Morgan fingerprint density at radius 3 is 2.62 bits per heavy atom. The predicted molar refractivity (Wildman–Crippen MR) is 88.9 cm³/mol. The Hall–Kier alpha value is -1.23. The number of unbranched alkanes of at least 4 members (excludes halogenated alkanes) is 6. The Bertz CT molecular complexity index is 328. The highest BCUT2D eigenvalue weighted by molar-refractivity contribution is 5.77. The first-order chi connectivity index (χ1) is 10.3. The molecule has 0 amide bonds. The van der Waals surface area contributed by atoms with Gasteiger partial charge in [0.1, 0.15) is 5.82 Å². The van der Waals surface area contributed by atoms with Gasteiger partial charge in [-0.15, -0.1) is 0 Å². The Balaban J connectivity index is 2.27. The number of nitrogens with two attached hydrogens (primary N) is 1. The molecule has 1 aliphatic heterocycles. The van der Waals surface area contributed by atoms with Crippen LogP contribution in [0.15, 0.2) is 16.6 Å². The maximum Gasteiger partial charge on any atom is 0.177 e. The molecule has 0 bridgehead atoms. The molecule has 4 N–H and O–H groups in total. The lowest BCUT2D eigenvalue weighted by molar-refractivity contribution is 0.214. The van der Waals surface area contributed by atoms with Crippen LogP contribution >= 0.6 is 0 Å². The quantitative estimate of drug-likeness (QED) is 0.484. The molecule has 0 saturated carbocycles. The minimum Gasteiger partial charge on any atom is -0.488 e. The van der Waals surface area contributed by atoms with Crippen molar-refractivity contribution in [3.63, 3.8) is 0 Å². The molecule has 1 unspecified atom stereocenters. The van der Waals surface area contributed by atoms with E-state index in [1.807, 2.05) is 0 Å². The number of nitrogens with one attached hydrogen (secondary N) is 2. The van der Waals surface area contributed by atoms with E-state index in [4.69, 9.17) is 10.5 Å². The van der Waals surface area contributed by atoms with Crippen LogP contribution < -0.4 is 16.4 Å². The molecule has 21 heavy (non-hydrogen) atoms. The van der Waals surface area contributed by atoms with Crippen LogP contribution in [-0.2, 0) is 4.74 Å². The van der Waals surface area contributed by atoms with Gasteiger partial charge >= 0.3 is 0 Å². The zero-order chi connectivity index (χ0) is 15.3. The van der Waals surface area contributed by atoms with Gasteiger partial charge in [-0.1, -0.05) is 52.4 Å². The highest BCUT2D eigenvalue weighted by Gasteiger charge is 2.14. The summed E-state index contributed by atoms with van der Waals surface area (Å²) in [5.74, 6) is 1.65. The summed E-state index contributed by atoms with van der Waals surface area (Å²) >= 11 is 0. The van der Waals surface area contributed by atoms with Gasteiger partial charge in [0.25, 0.3) is 0 Å². The van der Waals surface area contributed by atoms with E-state index in [0.29, 0.717) is 0 Å². The average molecular weight is 296 g/mol. The normalized spacial score (nSPS) is 17.8. The fourth-order valence-electron chi connectivity index (χ4n) is 2.17. The van der Waals surface area contributed by atoms with Crippen LogP contribution in [-0.4, -0.2) is 25.7 Å². The largest absolute Gasteiger partial charge is 0.488 e. The van der Waals surface area contributed by atoms with E-state index in [1.54, 1.807) is 6.21 Å². The molecule has 0 spiro atoms. The van der Waals surface area contributed by atoms with E-state index < -0.39 is 0 Å². The molecule has 1 rings (SSSR count). The van der Waals surface area contributed by atoms with Gasteiger partial charge in [0.15, 0.2) is 12.0 Å². The summed E-state index contributed by atoms with van der Waals surface area (Å²) in [6.07, 6.45) is 11.2. The number of nitrogens with zero attached hydrogens (tertiary/aromatic N) is 1. The Morgan fingerprint density at radius 2 is 1.86 bits per heavy atom. The molecule has 0 aliphatic carbocycles. The molecule has 0 aromatic rings. The van der Waals surface area contributed by atoms with Gasteiger partial charge in [0.2, 0.25) is 0 Å². The number of ether oxygens (including phenoxy) is 1. The van der Waals surface area contributed by atoms with Crippen molar-refractivity contribution >= 4 is 6.21 Å². The minimum absolute atomic E-state index is 0.379. The molecule has 5 heteroatoms. The predicted octanol–water partition coefficient (Wildman–Crippen LogP) is 2.84.